The van der Waals surface area contributed by atoms with E-state index in [9.17, 15) is 19.2 Å². The number of carbonyl (C=O) groups excluding carboxylic acids is 4. The van der Waals surface area contributed by atoms with Crippen molar-refractivity contribution in [2.45, 2.75) is 65.2 Å². The Morgan fingerprint density at radius 1 is 0.885 bits per heavy atom. The summed E-state index contributed by atoms with van der Waals surface area (Å²) in [6, 6.07) is 26.2. The molecule has 2 aliphatic rings. The Balaban J connectivity index is 1.38. The van der Waals surface area contributed by atoms with E-state index in [-0.39, 0.29) is 49.7 Å². The Kier molecular flexibility index (Phi) is 17.5. The molecule has 0 unspecified atom stereocenters. The average Bonchev–Trinajstić information content (AvgIpc) is 3.15. The Morgan fingerprint density at radius 2 is 1.54 bits per heavy atom. The molecule has 0 spiro atoms. The second-order valence-corrected chi connectivity index (χ2v) is 14.5. The van der Waals surface area contributed by atoms with E-state index < -0.39 is 23.9 Å². The first-order valence-electron chi connectivity index (χ1n) is 18.1. The van der Waals surface area contributed by atoms with Gasteiger partial charge in [-0.15, -0.1) is 0 Å². The molecular weight excluding hydrogens is 681 g/mol. The SMILES string of the molecule is CC(C)[C@H]1COCCCCOc2ccc(cc2)C[C@@H](CC(=O)C[C@@H](CSCCNC(=O)OCc2ccccc2)C(=O)OCc2ccccc2)C(=O)N1. The quantitative estimate of drug-likeness (QED) is 0.132. The first-order chi connectivity index (χ1) is 25.3. The first kappa shape index (κ1) is 40.4. The number of ketones is 1. The molecule has 0 saturated heterocycles. The minimum atomic E-state index is -0.728. The van der Waals surface area contributed by atoms with Crippen LogP contribution in [-0.4, -0.2) is 67.7 Å². The van der Waals surface area contributed by atoms with Gasteiger partial charge >= 0.3 is 12.1 Å². The second kappa shape index (κ2) is 22.6. The van der Waals surface area contributed by atoms with Crippen LogP contribution >= 0.6 is 11.8 Å². The lowest BCUT2D eigenvalue weighted by molar-refractivity contribution is -0.150. The summed E-state index contributed by atoms with van der Waals surface area (Å²) >= 11 is 1.44. The Labute approximate surface area is 311 Å². The number of thioether (sulfide) groups is 1. The highest BCUT2D eigenvalue weighted by atomic mass is 32.2. The van der Waals surface area contributed by atoms with Crippen LogP contribution in [0.2, 0.25) is 0 Å². The van der Waals surface area contributed by atoms with Crippen LogP contribution in [0.25, 0.3) is 0 Å². The van der Waals surface area contributed by atoms with Crippen LogP contribution < -0.4 is 15.4 Å². The third kappa shape index (κ3) is 15.1. The fourth-order valence-electron chi connectivity index (χ4n) is 5.59. The largest absolute Gasteiger partial charge is 0.494 e. The number of hydrogen-bond acceptors (Lipinski definition) is 9. The second-order valence-electron chi connectivity index (χ2n) is 13.3. The maximum atomic E-state index is 13.8. The van der Waals surface area contributed by atoms with E-state index in [0.717, 1.165) is 35.3 Å². The van der Waals surface area contributed by atoms with Crippen LogP contribution in [0, 0.1) is 17.8 Å². The highest BCUT2D eigenvalue weighted by Crippen LogP contribution is 2.22. The fraction of sp³-hybridized carbons (Fsp3) is 0.463. The molecule has 2 N–H and O–H groups in total. The van der Waals surface area contributed by atoms with Gasteiger partial charge in [-0.2, -0.15) is 11.8 Å². The molecule has 0 radical (unpaired) electrons. The van der Waals surface area contributed by atoms with Crippen LogP contribution in [0.4, 0.5) is 4.79 Å². The minimum Gasteiger partial charge on any atom is -0.494 e. The number of Topliss-reactive ketones (excluding diaryl/α,β-unsaturated/α-hetero) is 1. The summed E-state index contributed by atoms with van der Waals surface area (Å²) in [7, 11) is 0. The first-order valence-corrected chi connectivity index (χ1v) is 19.3. The van der Waals surface area contributed by atoms with E-state index in [2.05, 4.69) is 10.6 Å². The molecule has 2 heterocycles. The topological polar surface area (TPSA) is 129 Å². The zero-order valence-corrected chi connectivity index (χ0v) is 31.1. The van der Waals surface area contributed by atoms with Gasteiger partial charge in [-0.3, -0.25) is 14.4 Å². The monoisotopic (exact) mass is 732 g/mol. The van der Waals surface area contributed by atoms with E-state index in [4.69, 9.17) is 18.9 Å². The number of nitrogens with one attached hydrogen (secondary N) is 2. The third-order valence-electron chi connectivity index (χ3n) is 8.71. The number of hydrogen-bond donors (Lipinski definition) is 2. The van der Waals surface area contributed by atoms with Crippen LogP contribution in [0.5, 0.6) is 5.75 Å². The van der Waals surface area contributed by atoms with Gasteiger partial charge in [0.25, 0.3) is 0 Å². The average molecular weight is 733 g/mol. The number of alkyl carbamates (subject to hydrolysis) is 1. The van der Waals surface area contributed by atoms with E-state index in [0.29, 0.717) is 44.3 Å². The van der Waals surface area contributed by atoms with Crippen LogP contribution in [-0.2, 0) is 48.2 Å². The van der Waals surface area contributed by atoms with Crippen molar-refractivity contribution in [3.63, 3.8) is 0 Å². The van der Waals surface area contributed by atoms with Gasteiger partial charge in [-0.25, -0.2) is 4.79 Å². The van der Waals surface area contributed by atoms with E-state index in [1.807, 2.05) is 98.8 Å². The van der Waals surface area contributed by atoms with Crippen LogP contribution in [0.15, 0.2) is 84.9 Å². The highest BCUT2D eigenvalue weighted by molar-refractivity contribution is 7.99. The molecule has 3 aromatic rings. The summed E-state index contributed by atoms with van der Waals surface area (Å²) in [4.78, 5) is 53.1. The van der Waals surface area contributed by atoms with Crippen LogP contribution in [0.1, 0.15) is 56.2 Å². The molecule has 2 bridgehead atoms. The number of amides is 2. The fourth-order valence-corrected chi connectivity index (χ4v) is 6.54. The minimum absolute atomic E-state index is 0.0301. The Bertz CT molecular complexity index is 1520. The Hall–Kier alpha value is -4.35. The van der Waals surface area contributed by atoms with Crippen molar-refractivity contribution in [1.29, 1.82) is 0 Å². The van der Waals surface area contributed by atoms with Crippen molar-refractivity contribution in [2.24, 2.45) is 17.8 Å². The molecule has 2 amide bonds. The summed E-state index contributed by atoms with van der Waals surface area (Å²) < 4.78 is 22.7. The van der Waals surface area contributed by atoms with Crippen molar-refractivity contribution < 1.29 is 38.1 Å². The lowest BCUT2D eigenvalue weighted by Gasteiger charge is -2.26. The van der Waals surface area contributed by atoms with E-state index in [1.54, 1.807) is 0 Å². The molecule has 280 valence electrons. The predicted molar refractivity (Wildman–Crippen MR) is 202 cm³/mol. The van der Waals surface area contributed by atoms with Gasteiger partial charge in [0.2, 0.25) is 5.91 Å². The van der Waals surface area contributed by atoms with Crippen molar-refractivity contribution in [2.75, 3.05) is 37.9 Å². The van der Waals surface area contributed by atoms with E-state index in [1.165, 1.54) is 11.8 Å². The molecular formula is C41H52N2O8S. The van der Waals surface area contributed by atoms with Gasteiger partial charge in [0.05, 0.1) is 25.2 Å². The summed E-state index contributed by atoms with van der Waals surface area (Å²) in [6.45, 7) is 6.19. The molecule has 3 atom stereocenters. The van der Waals surface area contributed by atoms with Gasteiger partial charge in [-0.1, -0.05) is 86.6 Å². The molecule has 0 fully saturated rings. The summed E-state index contributed by atoms with van der Waals surface area (Å²) in [5.41, 5.74) is 2.64. The number of fused-ring (bicyclic) bond motifs is 13. The molecule has 2 aliphatic heterocycles. The van der Waals surface area contributed by atoms with Crippen molar-refractivity contribution in [3.05, 3.63) is 102 Å². The van der Waals surface area contributed by atoms with Crippen molar-refractivity contribution in [3.8, 4) is 5.75 Å². The summed E-state index contributed by atoms with van der Waals surface area (Å²) in [6.07, 6.45) is 1.44. The lowest BCUT2D eigenvalue weighted by atomic mass is 9.90. The number of carbonyl (C=O) groups is 4. The van der Waals surface area contributed by atoms with Crippen molar-refractivity contribution >= 4 is 35.5 Å². The van der Waals surface area contributed by atoms with Gasteiger partial charge < -0.3 is 29.6 Å². The molecule has 11 heteroatoms. The summed E-state index contributed by atoms with van der Waals surface area (Å²) in [5, 5.41) is 5.88. The third-order valence-corrected chi connectivity index (χ3v) is 9.84. The lowest BCUT2D eigenvalue weighted by Crippen LogP contribution is -2.45. The highest BCUT2D eigenvalue weighted by Gasteiger charge is 2.29. The standard InChI is InChI=1S/C41H52N2O8S/c1-30(2)38-28-48-20-9-10-21-49-37-17-15-31(16-18-37)23-34(39(45)43-38)24-36(44)25-35(40(46)50-26-32-11-5-3-6-12-32)29-52-22-19-42-41(47)51-27-33-13-7-4-8-14-33/h3-8,11-18,30,34-35,38H,9-10,19-29H2,1-2H3,(H,42,47)(H,43,45)/t34-,35-,38+/m0/s1. The molecule has 52 heavy (non-hydrogen) atoms. The predicted octanol–water partition coefficient (Wildman–Crippen LogP) is 6.54. The molecule has 0 aromatic heterocycles. The molecule has 3 aromatic carbocycles. The van der Waals surface area contributed by atoms with Gasteiger partial charge in [-0.05, 0) is 54.0 Å². The normalized spacial score (nSPS) is 17.4. The zero-order chi connectivity index (χ0) is 37.0. The molecule has 0 aliphatic carbocycles. The molecule has 0 saturated carbocycles. The zero-order valence-electron chi connectivity index (χ0n) is 30.3. The van der Waals surface area contributed by atoms with Gasteiger partial charge in [0, 0.05) is 43.4 Å². The molecule has 10 nitrogen and oxygen atoms in total. The van der Waals surface area contributed by atoms with Crippen LogP contribution in [0.3, 0.4) is 0 Å². The summed E-state index contributed by atoms with van der Waals surface area (Å²) in [5.74, 6) is -0.573. The van der Waals surface area contributed by atoms with Gasteiger partial charge in [0.1, 0.15) is 24.7 Å². The maximum absolute atomic E-state index is 13.8. The number of ether oxygens (including phenoxy) is 4. The number of esters is 1. The molecule has 5 rings (SSSR count). The number of rotatable bonds is 15. The van der Waals surface area contributed by atoms with E-state index >= 15 is 0 Å². The Morgan fingerprint density at radius 3 is 2.21 bits per heavy atom. The maximum Gasteiger partial charge on any atom is 0.407 e. The van der Waals surface area contributed by atoms with Gasteiger partial charge in [0.15, 0.2) is 0 Å². The van der Waals surface area contributed by atoms with Crippen molar-refractivity contribution in [1.82, 2.24) is 10.6 Å². The smallest absolute Gasteiger partial charge is 0.407 e. The number of benzene rings is 3.